The Morgan fingerprint density at radius 1 is 1.23 bits per heavy atom. The fraction of sp³-hybridized carbons (Fsp3) is 0.526. The number of hydrogen-bond donors (Lipinski definition) is 2. The van der Waals surface area contributed by atoms with Crippen LogP contribution in [0.25, 0.3) is 0 Å². The van der Waals surface area contributed by atoms with Crippen molar-refractivity contribution in [3.8, 4) is 0 Å². The van der Waals surface area contributed by atoms with Gasteiger partial charge in [0.1, 0.15) is 6.04 Å². The first-order chi connectivity index (χ1) is 12.5. The van der Waals surface area contributed by atoms with E-state index in [-0.39, 0.29) is 30.2 Å². The van der Waals surface area contributed by atoms with Crippen LogP contribution in [0.3, 0.4) is 0 Å². The summed E-state index contributed by atoms with van der Waals surface area (Å²) in [5, 5.41) is 5.75. The number of anilines is 1. The minimum absolute atomic E-state index is 0.0832. The number of carbonyl (C=O) groups is 3. The van der Waals surface area contributed by atoms with Crippen molar-refractivity contribution >= 4 is 39.3 Å². The van der Waals surface area contributed by atoms with Gasteiger partial charge in [0, 0.05) is 23.5 Å². The highest BCUT2D eigenvalue weighted by Gasteiger charge is 2.36. The first-order valence-corrected chi connectivity index (χ1v) is 9.90. The van der Waals surface area contributed by atoms with E-state index in [0.717, 1.165) is 35.8 Å². The molecule has 2 atom stereocenters. The van der Waals surface area contributed by atoms with Gasteiger partial charge in [-0.25, -0.2) is 0 Å². The summed E-state index contributed by atoms with van der Waals surface area (Å²) in [6.07, 6.45) is 4.44. The third kappa shape index (κ3) is 4.26. The average molecular weight is 422 g/mol. The molecule has 1 aliphatic heterocycles. The Bertz CT molecular complexity index is 703. The second kappa shape index (κ2) is 8.20. The standard InChI is InChI=1S/C19H24BrN3O3/c1-12(18(25)22-14-6-2-3-7-14)21-19(26)13-10-17(24)23(11-13)16-9-5-4-8-15(16)20/h4-5,8-9,12-14H,2-3,6-7,10-11H2,1H3,(H,21,26)(H,22,25). The molecule has 3 amide bonds. The minimum atomic E-state index is -0.601. The molecule has 26 heavy (non-hydrogen) atoms. The normalized spacial score (nSPS) is 21.7. The summed E-state index contributed by atoms with van der Waals surface area (Å²) in [6, 6.07) is 7.07. The Balaban J connectivity index is 1.56. The van der Waals surface area contributed by atoms with Crippen molar-refractivity contribution in [3.05, 3.63) is 28.7 Å². The third-order valence-corrected chi connectivity index (χ3v) is 5.76. The molecule has 1 aromatic carbocycles. The van der Waals surface area contributed by atoms with Crippen LogP contribution < -0.4 is 15.5 Å². The lowest BCUT2D eigenvalue weighted by atomic mass is 10.1. The first kappa shape index (κ1) is 18.9. The Kier molecular flexibility index (Phi) is 5.96. The molecule has 1 heterocycles. The van der Waals surface area contributed by atoms with E-state index >= 15 is 0 Å². The van der Waals surface area contributed by atoms with Gasteiger partial charge in [0.25, 0.3) is 0 Å². The van der Waals surface area contributed by atoms with Gasteiger partial charge in [0.2, 0.25) is 17.7 Å². The lowest BCUT2D eigenvalue weighted by molar-refractivity contribution is -0.131. The predicted octanol–water partition coefficient (Wildman–Crippen LogP) is 2.37. The van der Waals surface area contributed by atoms with E-state index in [9.17, 15) is 14.4 Å². The monoisotopic (exact) mass is 421 g/mol. The summed E-state index contributed by atoms with van der Waals surface area (Å²) < 4.78 is 0.818. The Hall–Kier alpha value is -1.89. The number of benzene rings is 1. The Labute approximate surface area is 161 Å². The highest BCUT2D eigenvalue weighted by Crippen LogP contribution is 2.31. The van der Waals surface area contributed by atoms with Crippen LogP contribution in [0.1, 0.15) is 39.0 Å². The zero-order valence-corrected chi connectivity index (χ0v) is 16.4. The van der Waals surface area contributed by atoms with Gasteiger partial charge in [0.05, 0.1) is 11.6 Å². The van der Waals surface area contributed by atoms with Crippen molar-refractivity contribution in [3.63, 3.8) is 0 Å². The highest BCUT2D eigenvalue weighted by atomic mass is 79.9. The first-order valence-electron chi connectivity index (χ1n) is 9.11. The smallest absolute Gasteiger partial charge is 0.242 e. The molecule has 2 aliphatic rings. The molecule has 1 saturated heterocycles. The van der Waals surface area contributed by atoms with Crippen LogP contribution in [-0.4, -0.2) is 36.3 Å². The van der Waals surface area contributed by atoms with Crippen molar-refractivity contribution in [2.75, 3.05) is 11.4 Å². The number of para-hydroxylation sites is 1. The molecule has 7 heteroatoms. The summed E-state index contributed by atoms with van der Waals surface area (Å²) in [5.74, 6) is -0.935. The van der Waals surface area contributed by atoms with Gasteiger partial charge in [-0.05, 0) is 47.8 Å². The molecule has 2 unspecified atom stereocenters. The van der Waals surface area contributed by atoms with Crippen LogP contribution in [0, 0.1) is 5.92 Å². The molecular weight excluding hydrogens is 398 g/mol. The van der Waals surface area contributed by atoms with Gasteiger partial charge in [-0.1, -0.05) is 25.0 Å². The van der Waals surface area contributed by atoms with E-state index in [1.807, 2.05) is 24.3 Å². The molecular formula is C19H24BrN3O3. The van der Waals surface area contributed by atoms with Gasteiger partial charge in [-0.15, -0.1) is 0 Å². The van der Waals surface area contributed by atoms with Crippen LogP contribution in [0.4, 0.5) is 5.69 Å². The molecule has 0 aromatic heterocycles. The number of hydrogen-bond acceptors (Lipinski definition) is 3. The second-order valence-corrected chi connectivity index (χ2v) is 7.93. The van der Waals surface area contributed by atoms with Crippen LogP contribution in [0.15, 0.2) is 28.7 Å². The van der Waals surface area contributed by atoms with Crippen LogP contribution >= 0.6 is 15.9 Å². The van der Waals surface area contributed by atoms with E-state index in [2.05, 4.69) is 26.6 Å². The van der Waals surface area contributed by atoms with E-state index in [0.29, 0.717) is 6.54 Å². The summed E-state index contributed by atoms with van der Waals surface area (Å²) in [6.45, 7) is 2.01. The van der Waals surface area contributed by atoms with Gasteiger partial charge >= 0.3 is 0 Å². The van der Waals surface area contributed by atoms with Gasteiger partial charge < -0.3 is 15.5 Å². The van der Waals surface area contributed by atoms with Gasteiger partial charge in [-0.2, -0.15) is 0 Å². The Morgan fingerprint density at radius 2 is 1.92 bits per heavy atom. The molecule has 140 valence electrons. The molecule has 1 aliphatic carbocycles. The van der Waals surface area contributed by atoms with E-state index in [4.69, 9.17) is 0 Å². The number of rotatable bonds is 5. The molecule has 0 bridgehead atoms. The fourth-order valence-corrected chi connectivity index (χ4v) is 4.08. The van der Waals surface area contributed by atoms with Crippen molar-refractivity contribution in [2.45, 2.75) is 51.1 Å². The van der Waals surface area contributed by atoms with Crippen LogP contribution in [-0.2, 0) is 14.4 Å². The largest absolute Gasteiger partial charge is 0.352 e. The average Bonchev–Trinajstić information content (AvgIpc) is 3.25. The number of carbonyl (C=O) groups excluding carboxylic acids is 3. The van der Waals surface area contributed by atoms with E-state index < -0.39 is 12.0 Å². The van der Waals surface area contributed by atoms with E-state index in [1.54, 1.807) is 11.8 Å². The molecule has 2 fully saturated rings. The van der Waals surface area contributed by atoms with Crippen molar-refractivity contribution in [2.24, 2.45) is 5.92 Å². The second-order valence-electron chi connectivity index (χ2n) is 7.08. The maximum absolute atomic E-state index is 12.5. The number of nitrogens with one attached hydrogen (secondary N) is 2. The molecule has 6 nitrogen and oxygen atoms in total. The SMILES string of the molecule is CC(NC(=O)C1CC(=O)N(c2ccccc2Br)C1)C(=O)NC1CCCC1. The maximum Gasteiger partial charge on any atom is 0.242 e. The van der Waals surface area contributed by atoms with Crippen LogP contribution in [0.2, 0.25) is 0 Å². The molecule has 0 radical (unpaired) electrons. The number of amides is 3. The minimum Gasteiger partial charge on any atom is -0.352 e. The predicted molar refractivity (Wildman–Crippen MR) is 103 cm³/mol. The molecule has 3 rings (SSSR count). The maximum atomic E-state index is 12.5. The van der Waals surface area contributed by atoms with Gasteiger partial charge in [0.15, 0.2) is 0 Å². The van der Waals surface area contributed by atoms with Crippen LogP contribution in [0.5, 0.6) is 0 Å². The summed E-state index contributed by atoms with van der Waals surface area (Å²) in [5.41, 5.74) is 0.764. The zero-order valence-electron chi connectivity index (χ0n) is 14.8. The molecule has 1 saturated carbocycles. The lowest BCUT2D eigenvalue weighted by Crippen LogP contribution is -2.49. The lowest BCUT2D eigenvalue weighted by Gasteiger charge is -2.20. The van der Waals surface area contributed by atoms with E-state index in [1.165, 1.54) is 0 Å². The summed E-state index contributed by atoms with van der Waals surface area (Å²) >= 11 is 3.44. The van der Waals surface area contributed by atoms with Gasteiger partial charge in [-0.3, -0.25) is 14.4 Å². The summed E-state index contributed by atoms with van der Waals surface area (Å²) in [7, 11) is 0. The fourth-order valence-electron chi connectivity index (χ4n) is 3.58. The highest BCUT2D eigenvalue weighted by molar-refractivity contribution is 9.10. The zero-order chi connectivity index (χ0) is 18.7. The molecule has 1 aromatic rings. The third-order valence-electron chi connectivity index (χ3n) is 5.09. The topological polar surface area (TPSA) is 78.5 Å². The molecule has 0 spiro atoms. The quantitative estimate of drug-likeness (QED) is 0.765. The van der Waals surface area contributed by atoms with Crippen molar-refractivity contribution < 1.29 is 14.4 Å². The molecule has 2 N–H and O–H groups in total. The summed E-state index contributed by atoms with van der Waals surface area (Å²) in [4.78, 5) is 38.7. The van der Waals surface area contributed by atoms with Crippen molar-refractivity contribution in [1.29, 1.82) is 0 Å². The number of nitrogens with zero attached hydrogens (tertiary/aromatic N) is 1. The number of halogens is 1. The van der Waals surface area contributed by atoms with Crippen molar-refractivity contribution in [1.82, 2.24) is 10.6 Å². The Morgan fingerprint density at radius 3 is 2.62 bits per heavy atom.